The maximum absolute atomic E-state index is 13.9. The maximum Gasteiger partial charge on any atom is 0.264 e. The second-order valence-electron chi connectivity index (χ2n) is 9.44. The molecule has 0 aliphatic heterocycles. The first kappa shape index (κ1) is 27.7. The van der Waals surface area contributed by atoms with Gasteiger partial charge < -0.3 is 10.2 Å². The third-order valence-corrected chi connectivity index (χ3v) is 8.98. The summed E-state index contributed by atoms with van der Waals surface area (Å²) in [6.45, 7) is 1.25. The van der Waals surface area contributed by atoms with Crippen LogP contribution in [0.2, 0.25) is 5.02 Å². The van der Waals surface area contributed by atoms with Gasteiger partial charge in [0.2, 0.25) is 11.8 Å². The number of hydrogen-bond acceptors (Lipinski definition) is 4. The molecule has 3 aromatic rings. The van der Waals surface area contributed by atoms with Crippen LogP contribution in [0.3, 0.4) is 0 Å². The summed E-state index contributed by atoms with van der Waals surface area (Å²) in [6.07, 6.45) is 3.94. The molecule has 1 aliphatic carbocycles. The first-order valence-corrected chi connectivity index (χ1v) is 14.6. The lowest BCUT2D eigenvalue weighted by molar-refractivity contribution is -0.139. The molecule has 38 heavy (non-hydrogen) atoms. The molecule has 1 N–H and O–H groups in total. The predicted molar refractivity (Wildman–Crippen MR) is 149 cm³/mol. The Labute approximate surface area is 229 Å². The van der Waals surface area contributed by atoms with Crippen molar-refractivity contribution in [2.24, 2.45) is 0 Å². The number of nitrogens with zero attached hydrogens (tertiary/aromatic N) is 2. The molecular weight excluding hydrogens is 522 g/mol. The number of sulfonamides is 1. The van der Waals surface area contributed by atoms with Crippen molar-refractivity contribution >= 4 is 39.1 Å². The smallest absolute Gasteiger partial charge is 0.264 e. The van der Waals surface area contributed by atoms with Crippen LogP contribution in [-0.4, -0.2) is 43.8 Å². The minimum absolute atomic E-state index is 0.0613. The minimum atomic E-state index is -4.07. The molecule has 7 nitrogen and oxygen atoms in total. The number of para-hydroxylation sites is 1. The number of amides is 2. The van der Waals surface area contributed by atoms with E-state index in [1.165, 1.54) is 17.0 Å². The van der Waals surface area contributed by atoms with Crippen LogP contribution >= 0.6 is 11.6 Å². The van der Waals surface area contributed by atoms with Gasteiger partial charge in [0.05, 0.1) is 10.6 Å². The molecule has 0 aromatic heterocycles. The number of nitrogens with one attached hydrogen (secondary N) is 1. The Morgan fingerprint density at radius 3 is 2.13 bits per heavy atom. The Balaban J connectivity index is 1.66. The topological polar surface area (TPSA) is 86.8 Å². The van der Waals surface area contributed by atoms with E-state index in [1.807, 2.05) is 6.07 Å². The van der Waals surface area contributed by atoms with Gasteiger partial charge in [-0.05, 0) is 55.7 Å². The quantitative estimate of drug-likeness (QED) is 0.382. The Kier molecular flexibility index (Phi) is 9.07. The fraction of sp³-hybridized carbons (Fsp3) is 0.310. The molecule has 3 aromatic carbocycles. The van der Waals surface area contributed by atoms with E-state index >= 15 is 0 Å². The van der Waals surface area contributed by atoms with Crippen LogP contribution in [0.25, 0.3) is 0 Å². The van der Waals surface area contributed by atoms with Crippen molar-refractivity contribution in [1.29, 1.82) is 0 Å². The summed E-state index contributed by atoms with van der Waals surface area (Å²) in [5.41, 5.74) is 1.02. The lowest BCUT2D eigenvalue weighted by atomic mass is 10.1. The highest BCUT2D eigenvalue weighted by molar-refractivity contribution is 7.92. The highest BCUT2D eigenvalue weighted by Gasteiger charge is 2.33. The number of benzene rings is 3. The molecule has 9 heteroatoms. The van der Waals surface area contributed by atoms with E-state index in [2.05, 4.69) is 5.32 Å². The normalized spacial score (nSPS) is 14.6. The summed E-state index contributed by atoms with van der Waals surface area (Å²) < 4.78 is 28.5. The molecule has 0 saturated heterocycles. The van der Waals surface area contributed by atoms with Gasteiger partial charge in [-0.2, -0.15) is 0 Å². The van der Waals surface area contributed by atoms with E-state index < -0.39 is 28.5 Å². The first-order valence-electron chi connectivity index (χ1n) is 12.7. The fourth-order valence-corrected chi connectivity index (χ4v) is 6.26. The summed E-state index contributed by atoms with van der Waals surface area (Å²) >= 11 is 6.40. The SMILES string of the molecule is C[C@@H](C(=O)NC1CCCC1)N(Cc1ccccc1Cl)C(=O)CN(c1ccccc1)S(=O)(=O)c1ccccc1. The van der Waals surface area contributed by atoms with Crippen molar-refractivity contribution in [1.82, 2.24) is 10.2 Å². The molecule has 4 rings (SSSR count). The molecule has 2 amide bonds. The van der Waals surface area contributed by atoms with Crippen LogP contribution in [-0.2, 0) is 26.2 Å². The fourth-order valence-electron chi connectivity index (χ4n) is 4.63. The van der Waals surface area contributed by atoms with Crippen LogP contribution in [0.15, 0.2) is 89.8 Å². The zero-order valence-corrected chi connectivity index (χ0v) is 22.9. The molecule has 1 fully saturated rings. The van der Waals surface area contributed by atoms with Crippen molar-refractivity contribution in [3.63, 3.8) is 0 Å². The third kappa shape index (κ3) is 6.55. The van der Waals surface area contributed by atoms with Crippen LogP contribution in [0.5, 0.6) is 0 Å². The summed E-state index contributed by atoms with van der Waals surface area (Å²) in [7, 11) is -4.07. The Hall–Kier alpha value is -3.36. The lowest BCUT2D eigenvalue weighted by Gasteiger charge is -2.32. The molecule has 0 radical (unpaired) electrons. The molecule has 0 spiro atoms. The van der Waals surface area contributed by atoms with Crippen molar-refractivity contribution in [3.8, 4) is 0 Å². The van der Waals surface area contributed by atoms with Crippen LogP contribution in [0.1, 0.15) is 38.2 Å². The highest BCUT2D eigenvalue weighted by Crippen LogP contribution is 2.25. The van der Waals surface area contributed by atoms with Crippen LogP contribution < -0.4 is 9.62 Å². The third-order valence-electron chi connectivity index (χ3n) is 6.82. The minimum Gasteiger partial charge on any atom is -0.352 e. The molecule has 1 saturated carbocycles. The van der Waals surface area contributed by atoms with Gasteiger partial charge in [-0.15, -0.1) is 0 Å². The number of carbonyl (C=O) groups excluding carboxylic acids is 2. The average molecular weight is 554 g/mol. The lowest BCUT2D eigenvalue weighted by Crippen LogP contribution is -2.52. The number of carbonyl (C=O) groups is 2. The maximum atomic E-state index is 13.9. The van der Waals surface area contributed by atoms with Gasteiger partial charge >= 0.3 is 0 Å². The summed E-state index contributed by atoms with van der Waals surface area (Å²) in [6, 6.07) is 22.8. The van der Waals surface area contributed by atoms with Crippen molar-refractivity contribution < 1.29 is 18.0 Å². The molecule has 0 heterocycles. The van der Waals surface area contributed by atoms with Gasteiger partial charge in [-0.3, -0.25) is 13.9 Å². The van der Waals surface area contributed by atoms with Gasteiger partial charge in [0.15, 0.2) is 0 Å². The Morgan fingerprint density at radius 2 is 1.50 bits per heavy atom. The second kappa shape index (κ2) is 12.5. The number of hydrogen-bond donors (Lipinski definition) is 1. The molecule has 0 unspecified atom stereocenters. The number of halogens is 1. The van der Waals surface area contributed by atoms with E-state index in [0.717, 1.165) is 30.0 Å². The van der Waals surface area contributed by atoms with E-state index in [0.29, 0.717) is 16.3 Å². The average Bonchev–Trinajstić information content (AvgIpc) is 3.44. The Morgan fingerprint density at radius 1 is 0.921 bits per heavy atom. The molecule has 200 valence electrons. The first-order chi connectivity index (χ1) is 18.3. The molecule has 1 atom stereocenters. The monoisotopic (exact) mass is 553 g/mol. The zero-order chi connectivity index (χ0) is 27.1. The van der Waals surface area contributed by atoms with Crippen molar-refractivity contribution in [2.45, 2.75) is 56.1 Å². The van der Waals surface area contributed by atoms with Gasteiger partial charge in [0, 0.05) is 17.6 Å². The van der Waals surface area contributed by atoms with Gasteiger partial charge in [0.1, 0.15) is 12.6 Å². The number of anilines is 1. The van der Waals surface area contributed by atoms with Gasteiger partial charge in [-0.1, -0.05) is 79.0 Å². The van der Waals surface area contributed by atoms with E-state index in [1.54, 1.807) is 73.7 Å². The summed E-state index contributed by atoms with van der Waals surface area (Å²) in [5, 5.41) is 3.52. The number of rotatable bonds is 10. The van der Waals surface area contributed by atoms with Crippen molar-refractivity contribution in [2.75, 3.05) is 10.8 Å². The summed E-state index contributed by atoms with van der Waals surface area (Å²) in [5.74, 6) is -0.781. The van der Waals surface area contributed by atoms with Crippen molar-refractivity contribution in [3.05, 3.63) is 95.5 Å². The molecular formula is C29H32ClN3O4S. The summed E-state index contributed by atoms with van der Waals surface area (Å²) in [4.78, 5) is 28.6. The van der Waals surface area contributed by atoms with E-state index in [-0.39, 0.29) is 23.4 Å². The second-order valence-corrected chi connectivity index (χ2v) is 11.7. The zero-order valence-electron chi connectivity index (χ0n) is 21.3. The molecule has 1 aliphatic rings. The Bertz CT molecular complexity index is 1350. The molecule has 0 bridgehead atoms. The van der Waals surface area contributed by atoms with Crippen LogP contribution in [0, 0.1) is 0 Å². The van der Waals surface area contributed by atoms with Gasteiger partial charge in [0.25, 0.3) is 10.0 Å². The predicted octanol–water partition coefficient (Wildman–Crippen LogP) is 5.01. The van der Waals surface area contributed by atoms with Crippen LogP contribution in [0.4, 0.5) is 5.69 Å². The standard InChI is InChI=1S/C29H32ClN3O4S/c1-22(29(35)31-24-13-9-10-14-24)32(20-23-12-8-11-19-27(23)30)28(34)21-33(25-15-4-2-5-16-25)38(36,37)26-17-6-3-7-18-26/h2-8,11-12,15-19,22,24H,9-10,13-14,20-21H2,1H3,(H,31,35)/t22-/m0/s1. The highest BCUT2D eigenvalue weighted by atomic mass is 35.5. The van der Waals surface area contributed by atoms with E-state index in [9.17, 15) is 18.0 Å². The largest absolute Gasteiger partial charge is 0.352 e. The van der Waals surface area contributed by atoms with Gasteiger partial charge in [-0.25, -0.2) is 8.42 Å². The van der Waals surface area contributed by atoms with E-state index in [4.69, 9.17) is 11.6 Å².